The first-order valence-electron chi connectivity index (χ1n) is 6.16. The van der Waals surface area contributed by atoms with E-state index in [2.05, 4.69) is 25.8 Å². The largest absolute Gasteiger partial charge is 0.352 e. The minimum atomic E-state index is -0.178. The third kappa shape index (κ3) is 3.51. The first-order chi connectivity index (χ1) is 9.58. The summed E-state index contributed by atoms with van der Waals surface area (Å²) in [6.45, 7) is 2.27. The molecule has 2 heterocycles. The van der Waals surface area contributed by atoms with E-state index in [0.29, 0.717) is 30.2 Å². The Morgan fingerprint density at radius 2 is 2.25 bits per heavy atom. The summed E-state index contributed by atoms with van der Waals surface area (Å²) in [7, 11) is 1.80. The fourth-order valence-electron chi connectivity index (χ4n) is 1.76. The molecule has 0 saturated carbocycles. The number of hydrogen-bond donors (Lipinski definition) is 3. The summed E-state index contributed by atoms with van der Waals surface area (Å²) in [5.74, 6) is 6.28. The maximum absolute atomic E-state index is 12.0. The highest BCUT2D eigenvalue weighted by Crippen LogP contribution is 2.08. The van der Waals surface area contributed by atoms with E-state index < -0.39 is 0 Å². The molecular formula is C12H17N7O. The van der Waals surface area contributed by atoms with Crippen LogP contribution in [0.5, 0.6) is 0 Å². The molecule has 0 radical (unpaired) electrons. The average Bonchev–Trinajstić information content (AvgIpc) is 2.83. The van der Waals surface area contributed by atoms with Crippen molar-refractivity contribution in [3.8, 4) is 0 Å². The van der Waals surface area contributed by atoms with Gasteiger partial charge in [-0.15, -0.1) is 0 Å². The summed E-state index contributed by atoms with van der Waals surface area (Å²) in [6.07, 6.45) is 2.21. The zero-order chi connectivity index (χ0) is 14.5. The van der Waals surface area contributed by atoms with Crippen LogP contribution >= 0.6 is 0 Å². The third-order valence-electron chi connectivity index (χ3n) is 2.64. The molecule has 4 N–H and O–H groups in total. The molecule has 0 aliphatic heterocycles. The Bertz CT molecular complexity index is 608. The quantitative estimate of drug-likeness (QED) is 0.514. The van der Waals surface area contributed by atoms with E-state index in [4.69, 9.17) is 5.84 Å². The molecule has 2 rings (SSSR count). The number of hydrogen-bond acceptors (Lipinski definition) is 6. The van der Waals surface area contributed by atoms with Crippen LogP contribution < -0.4 is 16.6 Å². The van der Waals surface area contributed by atoms with Crippen LogP contribution in [0.3, 0.4) is 0 Å². The molecule has 0 aliphatic carbocycles. The topological polar surface area (TPSA) is 111 Å². The first kappa shape index (κ1) is 13.9. The van der Waals surface area contributed by atoms with E-state index in [9.17, 15) is 4.79 Å². The molecular weight excluding hydrogens is 258 g/mol. The van der Waals surface area contributed by atoms with Crippen molar-refractivity contribution < 1.29 is 4.79 Å². The van der Waals surface area contributed by atoms with Gasteiger partial charge in [-0.1, -0.05) is 0 Å². The van der Waals surface area contributed by atoms with Gasteiger partial charge in [-0.25, -0.2) is 15.8 Å². The average molecular weight is 275 g/mol. The van der Waals surface area contributed by atoms with Gasteiger partial charge in [0.15, 0.2) is 5.82 Å². The van der Waals surface area contributed by atoms with Crippen LogP contribution in [0.2, 0.25) is 0 Å². The van der Waals surface area contributed by atoms with Crippen molar-refractivity contribution in [2.45, 2.75) is 13.3 Å². The molecule has 8 nitrogen and oxygen atoms in total. The second kappa shape index (κ2) is 6.11. The third-order valence-corrected chi connectivity index (χ3v) is 2.64. The number of nitrogens with two attached hydrogens (primary N) is 1. The normalized spacial score (nSPS) is 10.3. The molecule has 0 atom stereocenters. The van der Waals surface area contributed by atoms with Crippen molar-refractivity contribution in [3.63, 3.8) is 0 Å². The molecule has 2 aromatic heterocycles. The molecule has 0 aliphatic rings. The SMILES string of the molecule is Cc1cc(C(=O)NCCc2ncn(C)n2)cc(NN)n1. The zero-order valence-corrected chi connectivity index (χ0v) is 11.4. The number of rotatable bonds is 5. The standard InChI is InChI=1S/C12H17N7O/c1-8-5-9(6-11(16-8)17-13)12(20)14-4-3-10-15-7-19(2)18-10/h5-7H,3-4,13H2,1-2H3,(H,14,20)(H,16,17). The fourth-order valence-corrected chi connectivity index (χ4v) is 1.76. The van der Waals surface area contributed by atoms with Gasteiger partial charge in [-0.05, 0) is 19.1 Å². The molecule has 2 aromatic rings. The minimum absolute atomic E-state index is 0.178. The molecule has 106 valence electrons. The van der Waals surface area contributed by atoms with Crippen LogP contribution in [0.4, 0.5) is 5.82 Å². The van der Waals surface area contributed by atoms with Gasteiger partial charge in [0.25, 0.3) is 5.91 Å². The molecule has 0 fully saturated rings. The lowest BCUT2D eigenvalue weighted by atomic mass is 10.2. The van der Waals surface area contributed by atoms with E-state index in [1.54, 1.807) is 37.1 Å². The monoisotopic (exact) mass is 275 g/mol. The van der Waals surface area contributed by atoms with E-state index in [-0.39, 0.29) is 5.91 Å². The number of amides is 1. The van der Waals surface area contributed by atoms with Gasteiger partial charge in [0.05, 0.1) is 0 Å². The second-order valence-electron chi connectivity index (χ2n) is 4.37. The van der Waals surface area contributed by atoms with Gasteiger partial charge < -0.3 is 10.7 Å². The van der Waals surface area contributed by atoms with Gasteiger partial charge in [0, 0.05) is 31.3 Å². The van der Waals surface area contributed by atoms with Crippen molar-refractivity contribution in [3.05, 3.63) is 35.5 Å². The summed E-state index contributed by atoms with van der Waals surface area (Å²) >= 11 is 0. The first-order valence-corrected chi connectivity index (χ1v) is 6.16. The Morgan fingerprint density at radius 1 is 1.45 bits per heavy atom. The molecule has 8 heteroatoms. The van der Waals surface area contributed by atoms with E-state index in [0.717, 1.165) is 5.69 Å². The number of anilines is 1. The van der Waals surface area contributed by atoms with Crippen LogP contribution in [-0.4, -0.2) is 32.2 Å². The van der Waals surface area contributed by atoms with Crippen molar-refractivity contribution >= 4 is 11.7 Å². The Balaban J connectivity index is 1.93. The van der Waals surface area contributed by atoms with Crippen molar-refractivity contribution in [2.75, 3.05) is 12.0 Å². The second-order valence-corrected chi connectivity index (χ2v) is 4.37. The van der Waals surface area contributed by atoms with E-state index in [1.807, 2.05) is 0 Å². The molecule has 0 unspecified atom stereocenters. The highest BCUT2D eigenvalue weighted by molar-refractivity contribution is 5.94. The summed E-state index contributed by atoms with van der Waals surface area (Å²) in [5, 5.41) is 6.95. The molecule has 0 aromatic carbocycles. The molecule has 1 amide bonds. The fraction of sp³-hybridized carbons (Fsp3) is 0.333. The van der Waals surface area contributed by atoms with E-state index >= 15 is 0 Å². The Hall–Kier alpha value is -2.48. The Kier molecular flexibility index (Phi) is 4.26. The van der Waals surface area contributed by atoms with Crippen LogP contribution in [-0.2, 0) is 13.5 Å². The summed E-state index contributed by atoms with van der Waals surface area (Å²) in [5.41, 5.74) is 3.67. The summed E-state index contributed by atoms with van der Waals surface area (Å²) in [4.78, 5) is 20.2. The highest BCUT2D eigenvalue weighted by Gasteiger charge is 2.08. The maximum Gasteiger partial charge on any atom is 0.251 e. The Labute approximate surface area is 116 Å². The molecule has 0 bridgehead atoms. The predicted octanol–water partition coefficient (Wildman–Crippen LogP) is -0.223. The number of pyridine rings is 1. The van der Waals surface area contributed by atoms with Crippen molar-refractivity contribution in [2.24, 2.45) is 12.9 Å². The number of aromatic nitrogens is 4. The maximum atomic E-state index is 12.0. The number of nitrogens with zero attached hydrogens (tertiary/aromatic N) is 4. The van der Waals surface area contributed by atoms with Gasteiger partial charge in [-0.2, -0.15) is 5.10 Å². The van der Waals surface area contributed by atoms with Crippen LogP contribution in [0.1, 0.15) is 21.9 Å². The van der Waals surface area contributed by atoms with Crippen molar-refractivity contribution in [1.29, 1.82) is 0 Å². The van der Waals surface area contributed by atoms with Gasteiger partial charge in [0.1, 0.15) is 12.1 Å². The summed E-state index contributed by atoms with van der Waals surface area (Å²) in [6, 6.07) is 3.30. The number of carbonyl (C=O) groups is 1. The molecule has 20 heavy (non-hydrogen) atoms. The minimum Gasteiger partial charge on any atom is -0.352 e. The number of nitrogens with one attached hydrogen (secondary N) is 2. The van der Waals surface area contributed by atoms with Gasteiger partial charge in [0.2, 0.25) is 0 Å². The zero-order valence-electron chi connectivity index (χ0n) is 11.4. The molecule has 0 saturated heterocycles. The lowest BCUT2D eigenvalue weighted by Gasteiger charge is -2.07. The van der Waals surface area contributed by atoms with Crippen molar-refractivity contribution in [1.82, 2.24) is 25.1 Å². The Morgan fingerprint density at radius 3 is 2.90 bits per heavy atom. The highest BCUT2D eigenvalue weighted by atomic mass is 16.1. The van der Waals surface area contributed by atoms with Crippen LogP contribution in [0, 0.1) is 6.92 Å². The number of nitrogen functional groups attached to an aromatic ring is 1. The summed E-state index contributed by atoms with van der Waals surface area (Å²) < 4.78 is 1.63. The van der Waals surface area contributed by atoms with Gasteiger partial charge >= 0.3 is 0 Å². The number of hydrazine groups is 1. The van der Waals surface area contributed by atoms with Gasteiger partial charge in [-0.3, -0.25) is 9.48 Å². The number of aryl methyl sites for hydroxylation is 2. The smallest absolute Gasteiger partial charge is 0.251 e. The predicted molar refractivity (Wildman–Crippen MR) is 73.8 cm³/mol. The van der Waals surface area contributed by atoms with Crippen LogP contribution in [0.15, 0.2) is 18.5 Å². The van der Waals surface area contributed by atoms with E-state index in [1.165, 1.54) is 0 Å². The number of carbonyl (C=O) groups excluding carboxylic acids is 1. The van der Waals surface area contributed by atoms with Crippen LogP contribution in [0.25, 0.3) is 0 Å². The lowest BCUT2D eigenvalue weighted by molar-refractivity contribution is 0.0954. The lowest BCUT2D eigenvalue weighted by Crippen LogP contribution is -2.26. The molecule has 0 spiro atoms.